The summed E-state index contributed by atoms with van der Waals surface area (Å²) in [5.74, 6) is 0.193. The minimum absolute atomic E-state index is 0.0877. The highest BCUT2D eigenvalue weighted by Crippen LogP contribution is 2.35. The summed E-state index contributed by atoms with van der Waals surface area (Å²) < 4.78 is 0. The van der Waals surface area contributed by atoms with Crippen LogP contribution in [0.15, 0.2) is 54.9 Å². The quantitative estimate of drug-likeness (QED) is 0.261. The van der Waals surface area contributed by atoms with E-state index in [-0.39, 0.29) is 11.8 Å². The van der Waals surface area contributed by atoms with Crippen molar-refractivity contribution in [1.82, 2.24) is 25.1 Å². The van der Waals surface area contributed by atoms with Gasteiger partial charge in [0.05, 0.1) is 28.8 Å². The molecule has 5 aromatic rings. The molecule has 0 spiro atoms. The smallest absolute Gasteiger partial charge is 0.227 e. The average molecular weight is 506 g/mol. The minimum Gasteiger partial charge on any atom is -0.371 e. The van der Waals surface area contributed by atoms with Gasteiger partial charge in [-0.1, -0.05) is 18.9 Å². The summed E-state index contributed by atoms with van der Waals surface area (Å²) in [7, 11) is 0. The molecule has 7 rings (SSSR count). The summed E-state index contributed by atoms with van der Waals surface area (Å²) >= 11 is 0. The standard InChI is InChI=1S/C30H31N7O/c38-30(19-7-2-3-8-19)32-21-15-20(17-31-18-21)23-11-12-25-28(34-23)29(36-35-25)26-16-22-24(33-26)9-6-10-27(22)37-13-4-1-5-14-37/h6,9-12,15-19,33H,1-5,7-8,13-14H2,(H,32,38)(H,35,36). The van der Waals surface area contributed by atoms with Crippen LogP contribution in [0.2, 0.25) is 0 Å². The Balaban J connectivity index is 1.22. The maximum Gasteiger partial charge on any atom is 0.227 e. The van der Waals surface area contributed by atoms with E-state index in [0.717, 1.165) is 78.0 Å². The number of H-pyrrole nitrogens is 2. The largest absolute Gasteiger partial charge is 0.371 e. The molecule has 1 saturated heterocycles. The number of fused-ring (bicyclic) bond motifs is 2. The van der Waals surface area contributed by atoms with Crippen molar-refractivity contribution in [2.75, 3.05) is 23.3 Å². The molecule has 3 N–H and O–H groups in total. The first-order chi connectivity index (χ1) is 18.7. The lowest BCUT2D eigenvalue weighted by Crippen LogP contribution is -2.29. The molecule has 0 atom stereocenters. The molecule has 1 saturated carbocycles. The van der Waals surface area contributed by atoms with Crippen LogP contribution < -0.4 is 10.2 Å². The van der Waals surface area contributed by atoms with Gasteiger partial charge in [0.15, 0.2) is 0 Å². The van der Waals surface area contributed by atoms with Crippen LogP contribution >= 0.6 is 0 Å². The van der Waals surface area contributed by atoms with Crippen molar-refractivity contribution in [3.63, 3.8) is 0 Å². The molecule has 192 valence electrons. The fourth-order valence-electron chi connectivity index (χ4n) is 6.01. The van der Waals surface area contributed by atoms with Crippen molar-refractivity contribution in [2.24, 2.45) is 5.92 Å². The van der Waals surface area contributed by atoms with Crippen LogP contribution in [0.3, 0.4) is 0 Å². The predicted molar refractivity (Wildman–Crippen MR) is 151 cm³/mol. The van der Waals surface area contributed by atoms with E-state index in [4.69, 9.17) is 4.98 Å². The summed E-state index contributed by atoms with van der Waals surface area (Å²) in [6.45, 7) is 2.20. The van der Waals surface area contributed by atoms with E-state index in [9.17, 15) is 4.79 Å². The van der Waals surface area contributed by atoms with Gasteiger partial charge in [0, 0.05) is 47.4 Å². The summed E-state index contributed by atoms with van der Waals surface area (Å²) in [5.41, 5.74) is 8.13. The zero-order valence-electron chi connectivity index (χ0n) is 21.3. The second-order valence-corrected chi connectivity index (χ2v) is 10.6. The highest BCUT2D eigenvalue weighted by Gasteiger charge is 2.23. The molecule has 0 unspecified atom stereocenters. The molecule has 38 heavy (non-hydrogen) atoms. The van der Waals surface area contributed by atoms with Gasteiger partial charge in [-0.3, -0.25) is 14.9 Å². The molecule has 4 aromatic heterocycles. The van der Waals surface area contributed by atoms with E-state index in [1.54, 1.807) is 12.4 Å². The molecule has 2 fully saturated rings. The van der Waals surface area contributed by atoms with E-state index in [0.29, 0.717) is 5.69 Å². The molecular formula is C30H31N7O. The topological polar surface area (TPSA) is 103 Å². The molecule has 2 aliphatic rings. The van der Waals surface area contributed by atoms with Gasteiger partial charge in [0.2, 0.25) is 5.91 Å². The van der Waals surface area contributed by atoms with E-state index >= 15 is 0 Å². The van der Waals surface area contributed by atoms with Crippen LogP contribution in [0.25, 0.3) is 44.6 Å². The molecule has 0 radical (unpaired) electrons. The van der Waals surface area contributed by atoms with Crippen LogP contribution in [0, 0.1) is 5.92 Å². The first-order valence-electron chi connectivity index (χ1n) is 13.7. The number of amides is 1. The van der Waals surface area contributed by atoms with Crippen LogP contribution in [-0.4, -0.2) is 44.1 Å². The fraction of sp³-hybridized carbons (Fsp3) is 0.333. The number of nitrogens with zero attached hydrogens (tertiary/aromatic N) is 4. The second kappa shape index (κ2) is 9.59. The third kappa shape index (κ3) is 4.20. The summed E-state index contributed by atoms with van der Waals surface area (Å²) in [6, 6.07) is 14.6. The SMILES string of the molecule is O=C(Nc1cncc(-c2ccc3[nH]nc(-c4cc5c(N6CCCCC6)cccc5[nH]4)c3n2)c1)C1CCCC1. The molecule has 8 heteroatoms. The number of anilines is 2. The van der Waals surface area contributed by atoms with Gasteiger partial charge in [-0.05, 0) is 68.5 Å². The number of aromatic amines is 2. The highest BCUT2D eigenvalue weighted by molar-refractivity contribution is 5.99. The van der Waals surface area contributed by atoms with Crippen LogP contribution in [0.5, 0.6) is 0 Å². The van der Waals surface area contributed by atoms with Gasteiger partial charge in [0.1, 0.15) is 11.2 Å². The number of nitrogens with one attached hydrogen (secondary N) is 3. The van der Waals surface area contributed by atoms with Gasteiger partial charge in [0.25, 0.3) is 0 Å². The summed E-state index contributed by atoms with van der Waals surface area (Å²) in [6.07, 6.45) is 11.5. The first kappa shape index (κ1) is 23.0. The van der Waals surface area contributed by atoms with Crippen LogP contribution in [-0.2, 0) is 4.79 Å². The first-order valence-corrected chi connectivity index (χ1v) is 13.7. The third-order valence-electron chi connectivity index (χ3n) is 8.03. The molecule has 8 nitrogen and oxygen atoms in total. The van der Waals surface area contributed by atoms with E-state index < -0.39 is 0 Å². The number of carbonyl (C=O) groups excluding carboxylic acids is 1. The number of pyridine rings is 2. The Morgan fingerprint density at radius 2 is 1.82 bits per heavy atom. The average Bonchev–Trinajstić information content (AvgIpc) is 3.73. The zero-order valence-corrected chi connectivity index (χ0v) is 21.3. The maximum atomic E-state index is 12.6. The molecule has 1 aromatic carbocycles. The monoisotopic (exact) mass is 505 g/mol. The maximum absolute atomic E-state index is 12.6. The lowest BCUT2D eigenvalue weighted by Gasteiger charge is -2.29. The highest BCUT2D eigenvalue weighted by atomic mass is 16.1. The number of hydrogen-bond donors (Lipinski definition) is 3. The van der Waals surface area contributed by atoms with Crippen LogP contribution in [0.4, 0.5) is 11.4 Å². The van der Waals surface area contributed by atoms with Crippen molar-refractivity contribution >= 4 is 39.2 Å². The van der Waals surface area contributed by atoms with Crippen LogP contribution in [0.1, 0.15) is 44.9 Å². The van der Waals surface area contributed by atoms with Gasteiger partial charge < -0.3 is 15.2 Å². The minimum atomic E-state index is 0.0877. The fourth-order valence-corrected chi connectivity index (χ4v) is 6.01. The number of piperidine rings is 1. The zero-order chi connectivity index (χ0) is 25.5. The predicted octanol–water partition coefficient (Wildman–Crippen LogP) is 6.29. The Hall–Kier alpha value is -4.20. The molecule has 1 amide bonds. The molecule has 1 aliphatic carbocycles. The van der Waals surface area contributed by atoms with Crippen molar-refractivity contribution < 1.29 is 4.79 Å². The van der Waals surface area contributed by atoms with Gasteiger partial charge in [-0.15, -0.1) is 0 Å². The van der Waals surface area contributed by atoms with E-state index in [1.807, 2.05) is 18.2 Å². The van der Waals surface area contributed by atoms with Crippen molar-refractivity contribution in [2.45, 2.75) is 44.9 Å². The summed E-state index contributed by atoms with van der Waals surface area (Å²) in [5, 5.41) is 12.0. The van der Waals surface area contributed by atoms with Gasteiger partial charge in [-0.2, -0.15) is 5.10 Å². The lowest BCUT2D eigenvalue weighted by molar-refractivity contribution is -0.119. The van der Waals surface area contributed by atoms with Gasteiger partial charge >= 0.3 is 0 Å². The Morgan fingerprint density at radius 3 is 2.68 bits per heavy atom. The third-order valence-corrected chi connectivity index (χ3v) is 8.03. The molecule has 5 heterocycles. The number of benzene rings is 1. The van der Waals surface area contributed by atoms with Crippen molar-refractivity contribution in [1.29, 1.82) is 0 Å². The summed E-state index contributed by atoms with van der Waals surface area (Å²) in [4.78, 5) is 28.1. The molecule has 1 aliphatic heterocycles. The number of rotatable bonds is 5. The van der Waals surface area contributed by atoms with E-state index in [1.165, 1.54) is 30.3 Å². The number of carbonyl (C=O) groups is 1. The Morgan fingerprint density at radius 1 is 0.947 bits per heavy atom. The van der Waals surface area contributed by atoms with Gasteiger partial charge in [-0.25, -0.2) is 4.98 Å². The number of aromatic nitrogens is 5. The molecular weight excluding hydrogens is 474 g/mol. The Labute approximate surface area is 220 Å². The van der Waals surface area contributed by atoms with E-state index in [2.05, 4.69) is 54.6 Å². The molecule has 0 bridgehead atoms. The Bertz CT molecular complexity index is 1620. The van der Waals surface area contributed by atoms with Crippen molar-refractivity contribution in [3.8, 4) is 22.6 Å². The van der Waals surface area contributed by atoms with Crippen molar-refractivity contribution in [3.05, 3.63) is 54.9 Å². The Kier molecular flexibility index (Phi) is 5.80. The number of hydrogen-bond acceptors (Lipinski definition) is 5. The normalized spacial score (nSPS) is 16.5. The second-order valence-electron chi connectivity index (χ2n) is 10.6. The lowest BCUT2D eigenvalue weighted by atomic mass is 10.1.